The fourth-order valence-corrected chi connectivity index (χ4v) is 2.81. The van der Waals surface area contributed by atoms with E-state index in [-0.39, 0.29) is 23.5 Å². The minimum atomic E-state index is -0.287. The van der Waals surface area contributed by atoms with Crippen LogP contribution in [0, 0.1) is 5.92 Å². The lowest BCUT2D eigenvalue weighted by Gasteiger charge is -2.30. The van der Waals surface area contributed by atoms with Gasteiger partial charge < -0.3 is 19.8 Å². The number of ether oxygens (including phenoxy) is 1. The number of nitrogens with zero attached hydrogens (tertiary/aromatic N) is 3. The van der Waals surface area contributed by atoms with Crippen molar-refractivity contribution in [1.29, 1.82) is 0 Å². The Hall–Kier alpha value is -2.90. The number of piperidine rings is 1. The molecule has 0 aromatic carbocycles. The van der Waals surface area contributed by atoms with E-state index in [2.05, 4.69) is 9.97 Å². The average molecular weight is 344 g/mol. The molecule has 8 nitrogen and oxygen atoms in total. The molecule has 2 aromatic heterocycles. The van der Waals surface area contributed by atoms with Gasteiger partial charge in [-0.25, -0.2) is 9.97 Å². The molecule has 1 aliphatic rings. The smallest absolute Gasteiger partial charge is 0.310 e. The van der Waals surface area contributed by atoms with Gasteiger partial charge in [0.1, 0.15) is 12.1 Å². The Balaban J connectivity index is 1.70. The van der Waals surface area contributed by atoms with Crippen LogP contribution in [0.25, 0.3) is 11.5 Å². The first-order valence-electron chi connectivity index (χ1n) is 8.21. The number of aromatic nitrogens is 2. The Morgan fingerprint density at radius 1 is 1.44 bits per heavy atom. The van der Waals surface area contributed by atoms with Crippen LogP contribution in [-0.2, 0) is 9.53 Å². The normalized spacial score (nSPS) is 17.3. The minimum Gasteiger partial charge on any atom is -0.466 e. The van der Waals surface area contributed by atoms with Gasteiger partial charge >= 0.3 is 5.97 Å². The maximum Gasteiger partial charge on any atom is 0.310 e. The van der Waals surface area contributed by atoms with Crippen LogP contribution in [0.2, 0.25) is 0 Å². The molecule has 0 radical (unpaired) electrons. The molecular formula is C17H20N4O4. The molecule has 3 heterocycles. The van der Waals surface area contributed by atoms with E-state index >= 15 is 0 Å². The summed E-state index contributed by atoms with van der Waals surface area (Å²) in [6.07, 6.45) is 4.33. The third kappa shape index (κ3) is 3.78. The van der Waals surface area contributed by atoms with Gasteiger partial charge in [0.05, 0.1) is 18.1 Å². The zero-order valence-corrected chi connectivity index (χ0v) is 14.0. The van der Waals surface area contributed by atoms with E-state index in [1.807, 2.05) is 0 Å². The van der Waals surface area contributed by atoms with E-state index in [9.17, 15) is 9.59 Å². The highest BCUT2D eigenvalue weighted by molar-refractivity contribution is 5.93. The summed E-state index contributed by atoms with van der Waals surface area (Å²) >= 11 is 0. The van der Waals surface area contributed by atoms with Crippen LogP contribution < -0.4 is 5.73 Å². The summed E-state index contributed by atoms with van der Waals surface area (Å²) in [5.41, 5.74) is 6.39. The number of rotatable bonds is 4. The molecule has 2 aromatic rings. The van der Waals surface area contributed by atoms with Gasteiger partial charge in [-0.3, -0.25) is 9.59 Å². The Labute approximate surface area is 145 Å². The fourth-order valence-electron chi connectivity index (χ4n) is 2.81. The topological polar surface area (TPSA) is 112 Å². The van der Waals surface area contributed by atoms with Gasteiger partial charge in [0, 0.05) is 19.3 Å². The summed E-state index contributed by atoms with van der Waals surface area (Å²) in [6.45, 7) is 3.03. The van der Waals surface area contributed by atoms with Crippen molar-refractivity contribution in [2.24, 2.45) is 5.92 Å². The van der Waals surface area contributed by atoms with Gasteiger partial charge in [-0.2, -0.15) is 0 Å². The molecule has 1 amide bonds. The molecule has 2 N–H and O–H groups in total. The van der Waals surface area contributed by atoms with Gasteiger partial charge in [0.25, 0.3) is 5.91 Å². The standard InChI is InChI=1S/C17H20N4O4/c1-2-24-17(23)12-4-3-7-21(9-12)16(22)13-10-25-15(20-13)11-5-6-14(18)19-8-11/h5-6,8,10,12H,2-4,7,9H2,1H3,(H2,18,19). The van der Waals surface area contributed by atoms with E-state index in [1.165, 1.54) is 12.5 Å². The SMILES string of the molecule is CCOC(=O)C1CCCN(C(=O)c2coc(-c3ccc(N)nc3)n2)C1. The average Bonchev–Trinajstić information content (AvgIpc) is 3.12. The summed E-state index contributed by atoms with van der Waals surface area (Å²) < 4.78 is 10.4. The molecule has 1 atom stereocenters. The molecular weight excluding hydrogens is 324 g/mol. The van der Waals surface area contributed by atoms with Gasteiger partial charge in [0.2, 0.25) is 5.89 Å². The molecule has 3 rings (SSSR count). The number of amides is 1. The summed E-state index contributed by atoms with van der Waals surface area (Å²) in [5.74, 6) is -0.105. The Morgan fingerprint density at radius 3 is 3.00 bits per heavy atom. The van der Waals surface area contributed by atoms with Gasteiger partial charge in [-0.05, 0) is 31.9 Å². The number of likely N-dealkylation sites (tertiary alicyclic amines) is 1. The van der Waals surface area contributed by atoms with E-state index in [0.29, 0.717) is 37.0 Å². The third-order valence-electron chi connectivity index (χ3n) is 4.09. The first-order chi connectivity index (χ1) is 12.1. The molecule has 1 unspecified atom stereocenters. The number of carbonyl (C=O) groups is 2. The van der Waals surface area contributed by atoms with Crippen molar-refractivity contribution in [2.45, 2.75) is 19.8 Å². The lowest BCUT2D eigenvalue weighted by atomic mass is 9.98. The molecule has 8 heteroatoms. The molecule has 25 heavy (non-hydrogen) atoms. The third-order valence-corrected chi connectivity index (χ3v) is 4.09. The number of carbonyl (C=O) groups excluding carboxylic acids is 2. The van der Waals surface area contributed by atoms with E-state index < -0.39 is 0 Å². The Kier molecular flexibility index (Phi) is 4.97. The quantitative estimate of drug-likeness (QED) is 0.841. The largest absolute Gasteiger partial charge is 0.466 e. The van der Waals surface area contributed by atoms with Crippen LogP contribution in [0.5, 0.6) is 0 Å². The zero-order chi connectivity index (χ0) is 17.8. The number of nitrogen functional groups attached to an aromatic ring is 1. The number of pyridine rings is 1. The monoisotopic (exact) mass is 344 g/mol. The zero-order valence-electron chi connectivity index (χ0n) is 14.0. The highest BCUT2D eigenvalue weighted by atomic mass is 16.5. The molecule has 0 spiro atoms. The van der Waals surface area contributed by atoms with Crippen molar-refractivity contribution < 1.29 is 18.7 Å². The maximum atomic E-state index is 12.6. The second kappa shape index (κ2) is 7.33. The number of esters is 1. The highest BCUT2D eigenvalue weighted by Crippen LogP contribution is 2.22. The summed E-state index contributed by atoms with van der Waals surface area (Å²) in [5, 5.41) is 0. The van der Waals surface area contributed by atoms with E-state index in [4.69, 9.17) is 14.9 Å². The fraction of sp³-hybridized carbons (Fsp3) is 0.412. The Morgan fingerprint density at radius 2 is 2.28 bits per heavy atom. The lowest BCUT2D eigenvalue weighted by molar-refractivity contribution is -0.149. The second-order valence-electron chi connectivity index (χ2n) is 5.85. The number of anilines is 1. The highest BCUT2D eigenvalue weighted by Gasteiger charge is 2.31. The first kappa shape index (κ1) is 16.9. The van der Waals surface area contributed by atoms with E-state index in [0.717, 1.165) is 12.8 Å². The van der Waals surface area contributed by atoms with Crippen LogP contribution in [-0.4, -0.2) is 46.4 Å². The molecule has 132 valence electrons. The number of hydrogen-bond donors (Lipinski definition) is 1. The minimum absolute atomic E-state index is 0.205. The van der Waals surface area contributed by atoms with Crippen LogP contribution in [0.1, 0.15) is 30.3 Å². The van der Waals surface area contributed by atoms with Crippen LogP contribution >= 0.6 is 0 Å². The van der Waals surface area contributed by atoms with Crippen LogP contribution in [0.3, 0.4) is 0 Å². The Bertz CT molecular complexity index is 756. The molecule has 1 aliphatic heterocycles. The number of oxazole rings is 1. The summed E-state index contributed by atoms with van der Waals surface area (Å²) in [6, 6.07) is 3.36. The molecule has 1 saturated heterocycles. The molecule has 0 bridgehead atoms. The summed E-state index contributed by atoms with van der Waals surface area (Å²) in [7, 11) is 0. The van der Waals surface area contributed by atoms with Crippen LogP contribution in [0.4, 0.5) is 5.82 Å². The predicted molar refractivity (Wildman–Crippen MR) is 89.4 cm³/mol. The van der Waals surface area contributed by atoms with Crippen LogP contribution in [0.15, 0.2) is 29.0 Å². The van der Waals surface area contributed by atoms with Crippen molar-refractivity contribution in [3.8, 4) is 11.5 Å². The van der Waals surface area contributed by atoms with Gasteiger partial charge in [-0.1, -0.05) is 0 Å². The second-order valence-corrected chi connectivity index (χ2v) is 5.85. The lowest BCUT2D eigenvalue weighted by Crippen LogP contribution is -2.42. The molecule has 1 fully saturated rings. The maximum absolute atomic E-state index is 12.6. The van der Waals surface area contributed by atoms with Gasteiger partial charge in [-0.15, -0.1) is 0 Å². The van der Waals surface area contributed by atoms with E-state index in [1.54, 1.807) is 24.0 Å². The van der Waals surface area contributed by atoms with Crippen molar-refractivity contribution in [2.75, 3.05) is 25.4 Å². The predicted octanol–water partition coefficient (Wildman–Crippen LogP) is 1.73. The van der Waals surface area contributed by atoms with Crippen molar-refractivity contribution >= 4 is 17.7 Å². The number of hydrogen-bond acceptors (Lipinski definition) is 7. The van der Waals surface area contributed by atoms with Crippen molar-refractivity contribution in [3.05, 3.63) is 30.3 Å². The molecule has 0 aliphatic carbocycles. The molecule has 0 saturated carbocycles. The number of nitrogens with two attached hydrogens (primary N) is 1. The van der Waals surface area contributed by atoms with Gasteiger partial charge in [0.15, 0.2) is 5.69 Å². The first-order valence-corrected chi connectivity index (χ1v) is 8.21. The summed E-state index contributed by atoms with van der Waals surface area (Å²) in [4.78, 5) is 34.4. The van der Waals surface area contributed by atoms with Crippen molar-refractivity contribution in [1.82, 2.24) is 14.9 Å². The van der Waals surface area contributed by atoms with Crippen molar-refractivity contribution in [3.63, 3.8) is 0 Å².